The highest BCUT2D eigenvalue weighted by atomic mass is 32.2. The normalized spacial score (nSPS) is 13.1. The predicted octanol–water partition coefficient (Wildman–Crippen LogP) is 4.30. The molecule has 0 heterocycles. The van der Waals surface area contributed by atoms with Crippen LogP contribution in [0.25, 0.3) is 0 Å². The summed E-state index contributed by atoms with van der Waals surface area (Å²) in [5, 5.41) is 0. The van der Waals surface area contributed by atoms with Gasteiger partial charge in [0.05, 0.1) is 0 Å². The van der Waals surface area contributed by atoms with Crippen molar-refractivity contribution in [3.63, 3.8) is 0 Å². The van der Waals surface area contributed by atoms with E-state index in [9.17, 15) is 0 Å². The number of hydrogen-bond acceptors (Lipinski definition) is 3. The number of thioether (sulfide) groups is 1. The van der Waals surface area contributed by atoms with Crippen LogP contribution in [0.4, 0.5) is 5.69 Å². The summed E-state index contributed by atoms with van der Waals surface area (Å²) in [6.45, 7) is 11.1. The van der Waals surface area contributed by atoms with Crippen molar-refractivity contribution in [1.82, 2.24) is 0 Å². The quantitative estimate of drug-likeness (QED) is 0.648. The van der Waals surface area contributed by atoms with Crippen LogP contribution in [-0.2, 0) is 0 Å². The Kier molecular flexibility index (Phi) is 5.90. The Morgan fingerprint density at radius 1 is 1.40 bits per heavy atom. The molecule has 4 heteroatoms. The topological polar surface area (TPSA) is 29.3 Å². The molecule has 1 unspecified atom stereocenters. The van der Waals surface area contributed by atoms with E-state index < -0.39 is 0 Å². The van der Waals surface area contributed by atoms with E-state index in [1.54, 1.807) is 11.8 Å². The zero-order valence-electron chi connectivity index (χ0n) is 13.4. The highest BCUT2D eigenvalue weighted by Crippen LogP contribution is 2.34. The average molecular weight is 311 g/mol. The zero-order valence-corrected chi connectivity index (χ0v) is 15.0. The number of rotatable bonds is 5. The van der Waals surface area contributed by atoms with Gasteiger partial charge >= 0.3 is 0 Å². The lowest BCUT2D eigenvalue weighted by Gasteiger charge is -2.38. The van der Waals surface area contributed by atoms with Gasteiger partial charge in [0.15, 0.2) is 0 Å². The van der Waals surface area contributed by atoms with Gasteiger partial charge in [0.1, 0.15) is 4.99 Å². The SMILES string of the molecule is CCSc1cccc(N(C)C(C)C(C)(C)C)c1C(N)=S. The van der Waals surface area contributed by atoms with E-state index in [2.05, 4.69) is 64.8 Å². The van der Waals surface area contributed by atoms with Gasteiger partial charge in [0.2, 0.25) is 0 Å². The second kappa shape index (κ2) is 6.81. The Hall–Kier alpha value is -0.740. The number of hydrogen-bond donors (Lipinski definition) is 1. The van der Waals surface area contributed by atoms with Crippen molar-refractivity contribution >= 4 is 34.7 Å². The lowest BCUT2D eigenvalue weighted by Crippen LogP contribution is -2.40. The van der Waals surface area contributed by atoms with Gasteiger partial charge in [0, 0.05) is 29.2 Å². The van der Waals surface area contributed by atoms with Crippen LogP contribution in [0.1, 0.15) is 40.2 Å². The Balaban J connectivity index is 3.30. The molecule has 0 aliphatic rings. The number of anilines is 1. The molecule has 112 valence electrons. The van der Waals surface area contributed by atoms with Crippen LogP contribution in [0, 0.1) is 5.41 Å². The molecule has 20 heavy (non-hydrogen) atoms. The molecule has 1 rings (SSSR count). The van der Waals surface area contributed by atoms with E-state index in [1.807, 2.05) is 0 Å². The lowest BCUT2D eigenvalue weighted by atomic mass is 9.86. The molecule has 0 aliphatic heterocycles. The Bertz CT molecular complexity index is 478. The molecule has 0 fully saturated rings. The van der Waals surface area contributed by atoms with Crippen molar-refractivity contribution in [3.8, 4) is 0 Å². The summed E-state index contributed by atoms with van der Waals surface area (Å²) in [5.74, 6) is 1.01. The summed E-state index contributed by atoms with van der Waals surface area (Å²) in [6, 6.07) is 6.68. The second-order valence-corrected chi connectivity index (χ2v) is 7.85. The first-order valence-corrected chi connectivity index (χ1v) is 8.38. The van der Waals surface area contributed by atoms with Gasteiger partial charge in [-0.2, -0.15) is 0 Å². The Labute approximate surface area is 133 Å². The van der Waals surface area contributed by atoms with Crippen LogP contribution in [0.15, 0.2) is 23.1 Å². The first-order valence-electron chi connectivity index (χ1n) is 6.98. The van der Waals surface area contributed by atoms with Gasteiger partial charge in [-0.15, -0.1) is 11.8 Å². The van der Waals surface area contributed by atoms with E-state index in [4.69, 9.17) is 18.0 Å². The van der Waals surface area contributed by atoms with Crippen LogP contribution in [-0.4, -0.2) is 23.8 Å². The molecule has 0 saturated carbocycles. The fourth-order valence-electron chi connectivity index (χ4n) is 2.13. The van der Waals surface area contributed by atoms with E-state index >= 15 is 0 Å². The Morgan fingerprint density at radius 2 is 2.00 bits per heavy atom. The van der Waals surface area contributed by atoms with Gasteiger partial charge < -0.3 is 10.6 Å². The van der Waals surface area contributed by atoms with Crippen molar-refractivity contribution in [2.75, 3.05) is 17.7 Å². The molecule has 2 nitrogen and oxygen atoms in total. The summed E-state index contributed by atoms with van der Waals surface area (Å²) in [7, 11) is 2.12. The van der Waals surface area contributed by atoms with Gasteiger partial charge in [-0.3, -0.25) is 0 Å². The van der Waals surface area contributed by atoms with Crippen LogP contribution < -0.4 is 10.6 Å². The summed E-state index contributed by atoms with van der Waals surface area (Å²) in [6.07, 6.45) is 0. The van der Waals surface area contributed by atoms with Crippen LogP contribution in [0.5, 0.6) is 0 Å². The highest BCUT2D eigenvalue weighted by molar-refractivity contribution is 7.99. The van der Waals surface area contributed by atoms with E-state index in [1.165, 1.54) is 4.90 Å². The van der Waals surface area contributed by atoms with Gasteiger partial charge in [0.25, 0.3) is 0 Å². The zero-order chi connectivity index (χ0) is 15.5. The molecule has 0 spiro atoms. The molecule has 0 saturated heterocycles. The minimum Gasteiger partial charge on any atom is -0.389 e. The van der Waals surface area contributed by atoms with E-state index in [0.29, 0.717) is 11.0 Å². The third-order valence-electron chi connectivity index (χ3n) is 3.76. The maximum absolute atomic E-state index is 5.98. The fourth-order valence-corrected chi connectivity index (χ4v) is 3.25. The third kappa shape index (κ3) is 3.89. The molecule has 0 radical (unpaired) electrons. The summed E-state index contributed by atoms with van der Waals surface area (Å²) >= 11 is 7.08. The van der Waals surface area contributed by atoms with E-state index in [0.717, 1.165) is 17.0 Å². The van der Waals surface area contributed by atoms with Crippen molar-refractivity contribution in [1.29, 1.82) is 0 Å². The largest absolute Gasteiger partial charge is 0.389 e. The molecule has 0 aliphatic carbocycles. The maximum Gasteiger partial charge on any atom is 0.107 e. The van der Waals surface area contributed by atoms with Crippen LogP contribution in [0.2, 0.25) is 0 Å². The second-order valence-electron chi connectivity index (χ2n) is 6.10. The molecule has 0 aromatic heterocycles. The maximum atomic E-state index is 5.98. The molecule has 1 aromatic carbocycles. The average Bonchev–Trinajstić information content (AvgIpc) is 2.35. The molecule has 1 atom stereocenters. The monoisotopic (exact) mass is 310 g/mol. The summed E-state index contributed by atoms with van der Waals surface area (Å²) in [5.41, 5.74) is 8.31. The van der Waals surface area contributed by atoms with E-state index in [-0.39, 0.29) is 5.41 Å². The number of benzene rings is 1. The Morgan fingerprint density at radius 3 is 2.45 bits per heavy atom. The minimum atomic E-state index is 0.191. The summed E-state index contributed by atoms with van der Waals surface area (Å²) < 4.78 is 0. The van der Waals surface area contributed by atoms with Crippen molar-refractivity contribution < 1.29 is 0 Å². The first kappa shape index (κ1) is 17.3. The smallest absolute Gasteiger partial charge is 0.107 e. The molecule has 0 amide bonds. The van der Waals surface area contributed by atoms with Crippen molar-refractivity contribution in [2.45, 2.75) is 45.6 Å². The molecular weight excluding hydrogens is 284 g/mol. The highest BCUT2D eigenvalue weighted by Gasteiger charge is 2.26. The van der Waals surface area contributed by atoms with Gasteiger partial charge in [-0.05, 0) is 30.2 Å². The van der Waals surface area contributed by atoms with Gasteiger partial charge in [-0.1, -0.05) is 46.0 Å². The molecule has 1 aromatic rings. The number of thiocarbonyl (C=S) groups is 1. The van der Waals surface area contributed by atoms with Crippen molar-refractivity contribution in [3.05, 3.63) is 23.8 Å². The minimum absolute atomic E-state index is 0.191. The van der Waals surface area contributed by atoms with Crippen LogP contribution >= 0.6 is 24.0 Å². The molecule has 0 bridgehead atoms. The van der Waals surface area contributed by atoms with Crippen molar-refractivity contribution in [2.24, 2.45) is 11.1 Å². The van der Waals surface area contributed by atoms with Gasteiger partial charge in [-0.25, -0.2) is 0 Å². The predicted molar refractivity (Wildman–Crippen MR) is 96.0 cm³/mol. The first-order chi connectivity index (χ1) is 9.20. The lowest BCUT2D eigenvalue weighted by molar-refractivity contribution is 0.329. The fraction of sp³-hybridized carbons (Fsp3) is 0.562. The number of nitrogens with two attached hydrogens (primary N) is 1. The molecular formula is C16H26N2S2. The summed E-state index contributed by atoms with van der Waals surface area (Å²) in [4.78, 5) is 3.93. The molecule has 2 N–H and O–H groups in total. The number of nitrogens with zero attached hydrogens (tertiary/aromatic N) is 1. The third-order valence-corrected chi connectivity index (χ3v) is 4.91. The standard InChI is InChI=1S/C16H26N2S2/c1-7-20-13-10-8-9-12(14(13)15(17)19)18(6)11(2)16(3,4)5/h8-11H,7H2,1-6H3,(H2,17,19). The van der Waals surface area contributed by atoms with Crippen LogP contribution in [0.3, 0.4) is 0 Å².